The first-order valence-corrected chi connectivity index (χ1v) is 8.97. The van der Waals surface area contributed by atoms with Crippen LogP contribution in [0.1, 0.15) is 18.4 Å². The molecule has 24 heavy (non-hydrogen) atoms. The maximum atomic E-state index is 12.8. The van der Waals surface area contributed by atoms with Crippen LogP contribution in [0.15, 0.2) is 53.4 Å². The summed E-state index contributed by atoms with van der Waals surface area (Å²) in [4.78, 5) is 11.8. The molecule has 0 aliphatic carbocycles. The van der Waals surface area contributed by atoms with Crippen molar-refractivity contribution in [2.24, 2.45) is 0 Å². The van der Waals surface area contributed by atoms with Gasteiger partial charge in [-0.1, -0.05) is 17.7 Å². The summed E-state index contributed by atoms with van der Waals surface area (Å²) in [5.41, 5.74) is 1.81. The van der Waals surface area contributed by atoms with E-state index in [4.69, 9.17) is 0 Å². The lowest BCUT2D eigenvalue weighted by Crippen LogP contribution is -2.25. The topological polar surface area (TPSA) is 75.3 Å². The van der Waals surface area contributed by atoms with Crippen LogP contribution >= 0.6 is 0 Å². The van der Waals surface area contributed by atoms with Crippen molar-refractivity contribution in [1.82, 2.24) is 4.72 Å². The summed E-state index contributed by atoms with van der Waals surface area (Å²) < 4.78 is 39.2. The maximum absolute atomic E-state index is 12.8. The largest absolute Gasteiger partial charge is 0.326 e. The molecule has 0 spiro atoms. The van der Waals surface area contributed by atoms with Gasteiger partial charge in [0.2, 0.25) is 15.9 Å². The summed E-state index contributed by atoms with van der Waals surface area (Å²) in [5, 5.41) is 2.75. The minimum atomic E-state index is -3.69. The Bertz CT molecular complexity index is 788. The van der Waals surface area contributed by atoms with Crippen molar-refractivity contribution in [3.05, 3.63) is 59.9 Å². The molecular formula is C17H19FN2O3S. The molecule has 0 atom stereocenters. The minimum Gasteiger partial charge on any atom is -0.326 e. The van der Waals surface area contributed by atoms with Gasteiger partial charge < -0.3 is 5.32 Å². The molecule has 0 saturated heterocycles. The number of benzene rings is 2. The summed E-state index contributed by atoms with van der Waals surface area (Å²) in [6.07, 6.45) is 0.554. The summed E-state index contributed by atoms with van der Waals surface area (Å²) in [6, 6.07) is 12.0. The smallest absolute Gasteiger partial charge is 0.240 e. The number of carbonyl (C=O) groups is 1. The third-order valence-electron chi connectivity index (χ3n) is 3.33. The molecule has 0 heterocycles. The molecule has 5 nitrogen and oxygen atoms in total. The zero-order valence-electron chi connectivity index (χ0n) is 13.3. The SMILES string of the molecule is Cc1ccc(NC(=O)CCCNS(=O)(=O)c2ccc(F)cc2)cc1. The predicted octanol–water partition coefficient (Wildman–Crippen LogP) is 2.83. The average molecular weight is 350 g/mol. The van der Waals surface area contributed by atoms with Gasteiger partial charge in [-0.15, -0.1) is 0 Å². The Morgan fingerprint density at radius 1 is 1.04 bits per heavy atom. The lowest BCUT2D eigenvalue weighted by molar-refractivity contribution is -0.116. The second-order valence-corrected chi connectivity index (χ2v) is 7.14. The molecule has 2 rings (SSSR count). The number of anilines is 1. The number of nitrogens with one attached hydrogen (secondary N) is 2. The molecule has 0 bridgehead atoms. The van der Waals surface area contributed by atoms with E-state index in [0.29, 0.717) is 12.1 Å². The quantitative estimate of drug-likeness (QED) is 0.754. The normalized spacial score (nSPS) is 11.2. The number of sulfonamides is 1. The molecular weight excluding hydrogens is 331 g/mol. The Kier molecular flexibility index (Phi) is 6.05. The lowest BCUT2D eigenvalue weighted by Gasteiger charge is -2.08. The van der Waals surface area contributed by atoms with Crippen molar-refractivity contribution >= 4 is 21.6 Å². The van der Waals surface area contributed by atoms with Gasteiger partial charge in [-0.25, -0.2) is 17.5 Å². The van der Waals surface area contributed by atoms with E-state index in [0.717, 1.165) is 17.7 Å². The number of carbonyl (C=O) groups excluding carboxylic acids is 1. The standard InChI is InChI=1S/C17H19FN2O3S/c1-13-4-8-15(9-5-13)20-17(21)3-2-12-19-24(22,23)16-10-6-14(18)7-11-16/h4-11,19H,2-3,12H2,1H3,(H,20,21). The zero-order valence-corrected chi connectivity index (χ0v) is 14.1. The fourth-order valence-corrected chi connectivity index (χ4v) is 3.09. The molecule has 128 valence electrons. The van der Waals surface area contributed by atoms with Crippen LogP contribution in [0.4, 0.5) is 10.1 Å². The first kappa shape index (κ1) is 18.1. The third-order valence-corrected chi connectivity index (χ3v) is 4.81. The fourth-order valence-electron chi connectivity index (χ4n) is 2.01. The van der Waals surface area contributed by atoms with E-state index in [1.807, 2.05) is 31.2 Å². The molecule has 0 aliphatic heterocycles. The number of halogens is 1. The van der Waals surface area contributed by atoms with Crippen molar-refractivity contribution < 1.29 is 17.6 Å². The average Bonchev–Trinajstić information content (AvgIpc) is 2.54. The van der Waals surface area contributed by atoms with E-state index in [2.05, 4.69) is 10.0 Å². The highest BCUT2D eigenvalue weighted by atomic mass is 32.2. The zero-order chi connectivity index (χ0) is 17.6. The van der Waals surface area contributed by atoms with E-state index in [1.54, 1.807) is 0 Å². The summed E-state index contributed by atoms with van der Waals surface area (Å²) in [5.74, 6) is -0.679. The van der Waals surface area contributed by atoms with Gasteiger partial charge in [0.15, 0.2) is 0 Å². The van der Waals surface area contributed by atoms with Crippen molar-refractivity contribution in [3.8, 4) is 0 Å². The van der Waals surface area contributed by atoms with E-state index < -0.39 is 15.8 Å². The van der Waals surface area contributed by atoms with Crippen LogP contribution in [-0.4, -0.2) is 20.9 Å². The van der Waals surface area contributed by atoms with Gasteiger partial charge in [0.05, 0.1) is 4.90 Å². The predicted molar refractivity (Wildman–Crippen MR) is 90.6 cm³/mol. The second-order valence-electron chi connectivity index (χ2n) is 5.37. The van der Waals surface area contributed by atoms with Crippen LogP contribution in [0.5, 0.6) is 0 Å². The molecule has 1 amide bonds. The highest BCUT2D eigenvalue weighted by Crippen LogP contribution is 2.11. The van der Waals surface area contributed by atoms with E-state index in [1.165, 1.54) is 12.1 Å². The van der Waals surface area contributed by atoms with Gasteiger partial charge in [0.25, 0.3) is 0 Å². The second kappa shape index (κ2) is 8.03. The number of hydrogen-bond donors (Lipinski definition) is 2. The molecule has 0 aliphatic rings. The molecule has 2 aromatic carbocycles. The van der Waals surface area contributed by atoms with Crippen molar-refractivity contribution in [3.63, 3.8) is 0 Å². The number of hydrogen-bond acceptors (Lipinski definition) is 3. The molecule has 7 heteroatoms. The van der Waals surface area contributed by atoms with Gasteiger partial charge in [-0.2, -0.15) is 0 Å². The Hall–Kier alpha value is -2.25. The van der Waals surface area contributed by atoms with Crippen LogP contribution in [0, 0.1) is 12.7 Å². The Morgan fingerprint density at radius 2 is 1.67 bits per heavy atom. The molecule has 0 aromatic heterocycles. The van der Waals surface area contributed by atoms with Crippen LogP contribution in [-0.2, 0) is 14.8 Å². The third kappa shape index (κ3) is 5.43. The van der Waals surface area contributed by atoms with E-state index >= 15 is 0 Å². The Morgan fingerprint density at radius 3 is 2.29 bits per heavy atom. The number of rotatable bonds is 7. The van der Waals surface area contributed by atoms with Crippen molar-refractivity contribution in [2.45, 2.75) is 24.7 Å². The summed E-state index contributed by atoms with van der Waals surface area (Å²) in [6.45, 7) is 2.08. The lowest BCUT2D eigenvalue weighted by atomic mass is 10.2. The molecule has 0 fully saturated rings. The highest BCUT2D eigenvalue weighted by Gasteiger charge is 2.13. The Balaban J connectivity index is 1.76. The van der Waals surface area contributed by atoms with Gasteiger partial charge in [0.1, 0.15) is 5.82 Å². The maximum Gasteiger partial charge on any atom is 0.240 e. The molecule has 2 N–H and O–H groups in total. The Labute approximate surface area is 141 Å². The van der Waals surface area contributed by atoms with Gasteiger partial charge in [-0.3, -0.25) is 4.79 Å². The van der Waals surface area contributed by atoms with Crippen LogP contribution in [0.2, 0.25) is 0 Å². The fraction of sp³-hybridized carbons (Fsp3) is 0.235. The number of aryl methyl sites for hydroxylation is 1. The van der Waals surface area contributed by atoms with Gasteiger partial charge in [-0.05, 0) is 49.7 Å². The van der Waals surface area contributed by atoms with E-state index in [-0.39, 0.29) is 23.8 Å². The molecule has 0 saturated carbocycles. The van der Waals surface area contributed by atoms with E-state index in [9.17, 15) is 17.6 Å². The van der Waals surface area contributed by atoms with Crippen molar-refractivity contribution in [2.75, 3.05) is 11.9 Å². The minimum absolute atomic E-state index is 0.00648. The van der Waals surface area contributed by atoms with Crippen LogP contribution in [0.25, 0.3) is 0 Å². The van der Waals surface area contributed by atoms with Crippen molar-refractivity contribution in [1.29, 1.82) is 0 Å². The van der Waals surface area contributed by atoms with Crippen LogP contribution < -0.4 is 10.0 Å². The van der Waals surface area contributed by atoms with Gasteiger partial charge in [0, 0.05) is 18.7 Å². The summed E-state index contributed by atoms with van der Waals surface area (Å²) >= 11 is 0. The first-order chi connectivity index (χ1) is 11.4. The highest BCUT2D eigenvalue weighted by molar-refractivity contribution is 7.89. The first-order valence-electron chi connectivity index (χ1n) is 7.48. The molecule has 0 radical (unpaired) electrons. The number of amides is 1. The monoisotopic (exact) mass is 350 g/mol. The molecule has 0 unspecified atom stereocenters. The summed E-state index contributed by atoms with van der Waals surface area (Å²) in [7, 11) is -3.69. The molecule has 2 aromatic rings. The van der Waals surface area contributed by atoms with Gasteiger partial charge >= 0.3 is 0 Å². The van der Waals surface area contributed by atoms with Crippen LogP contribution in [0.3, 0.4) is 0 Å².